The molecule has 0 aromatic heterocycles. The lowest BCUT2D eigenvalue weighted by atomic mass is 9.72. The lowest BCUT2D eigenvalue weighted by molar-refractivity contribution is 0.161. The third-order valence-electron chi connectivity index (χ3n) is 4.90. The summed E-state index contributed by atoms with van der Waals surface area (Å²) in [5.74, 6) is 2.87. The van der Waals surface area contributed by atoms with Crippen LogP contribution in [-0.2, 0) is 9.84 Å². The summed E-state index contributed by atoms with van der Waals surface area (Å²) in [6.45, 7) is 9.55. The Labute approximate surface area is 125 Å². The van der Waals surface area contributed by atoms with Crippen LogP contribution in [0.4, 0.5) is 0 Å². The molecule has 0 heterocycles. The van der Waals surface area contributed by atoms with E-state index in [0.29, 0.717) is 17.7 Å². The van der Waals surface area contributed by atoms with E-state index in [1.807, 2.05) is 0 Å². The molecule has 3 nitrogen and oxygen atoms in total. The summed E-state index contributed by atoms with van der Waals surface area (Å²) < 4.78 is 23.2. The molecule has 0 bridgehead atoms. The van der Waals surface area contributed by atoms with Gasteiger partial charge in [0.15, 0.2) is 0 Å². The highest BCUT2D eigenvalue weighted by molar-refractivity contribution is 7.91. The summed E-state index contributed by atoms with van der Waals surface area (Å²) in [6, 6.07) is 0.597. The zero-order valence-electron chi connectivity index (χ0n) is 13.7. The maximum Gasteiger partial charge on any atom is 0.150 e. The van der Waals surface area contributed by atoms with Crippen molar-refractivity contribution in [3.63, 3.8) is 0 Å². The van der Waals surface area contributed by atoms with Crippen LogP contribution in [0, 0.1) is 17.8 Å². The smallest absolute Gasteiger partial charge is 0.150 e. The van der Waals surface area contributed by atoms with Crippen molar-refractivity contribution in [3.8, 4) is 0 Å². The van der Waals surface area contributed by atoms with E-state index in [9.17, 15) is 8.42 Å². The molecule has 1 aliphatic carbocycles. The molecular weight excluding hydrogens is 270 g/mol. The molecule has 20 heavy (non-hydrogen) atoms. The number of rotatable bonds is 8. The van der Waals surface area contributed by atoms with Crippen LogP contribution in [0.25, 0.3) is 0 Å². The Balaban J connectivity index is 2.51. The molecule has 0 amide bonds. The molecule has 1 rings (SSSR count). The maximum atomic E-state index is 11.6. The van der Waals surface area contributed by atoms with Gasteiger partial charge < -0.3 is 5.32 Å². The number of hydrogen-bond acceptors (Lipinski definition) is 3. The van der Waals surface area contributed by atoms with Gasteiger partial charge in [-0.15, -0.1) is 0 Å². The van der Waals surface area contributed by atoms with Crippen LogP contribution < -0.4 is 5.32 Å². The molecule has 0 aliphatic heterocycles. The molecule has 0 spiro atoms. The Bertz CT molecular complexity index is 365. The quantitative estimate of drug-likeness (QED) is 0.748. The van der Waals surface area contributed by atoms with Gasteiger partial charge in [-0.05, 0) is 56.4 Å². The number of sulfone groups is 1. The average molecular weight is 304 g/mol. The van der Waals surface area contributed by atoms with Crippen molar-refractivity contribution in [1.82, 2.24) is 5.32 Å². The highest BCUT2D eigenvalue weighted by Gasteiger charge is 2.31. The Morgan fingerprint density at radius 3 is 2.45 bits per heavy atom. The van der Waals surface area contributed by atoms with Crippen molar-refractivity contribution in [3.05, 3.63) is 0 Å². The summed E-state index contributed by atoms with van der Waals surface area (Å²) in [5, 5.41) is 3.61. The first kappa shape index (κ1) is 18.0. The zero-order chi connectivity index (χ0) is 15.2. The fourth-order valence-electron chi connectivity index (χ4n) is 3.47. The molecule has 0 saturated heterocycles. The SMILES string of the molecule is CCNC1CCC(C(C)C)CC1CCCS(=O)(=O)CC. The molecule has 3 unspecified atom stereocenters. The van der Waals surface area contributed by atoms with E-state index in [1.165, 1.54) is 19.3 Å². The van der Waals surface area contributed by atoms with Crippen molar-refractivity contribution in [1.29, 1.82) is 0 Å². The van der Waals surface area contributed by atoms with E-state index in [4.69, 9.17) is 0 Å². The van der Waals surface area contributed by atoms with E-state index in [-0.39, 0.29) is 5.75 Å². The van der Waals surface area contributed by atoms with Gasteiger partial charge in [-0.2, -0.15) is 0 Å². The van der Waals surface area contributed by atoms with Gasteiger partial charge in [0, 0.05) is 11.8 Å². The Hall–Kier alpha value is -0.0900. The minimum atomic E-state index is -2.80. The van der Waals surface area contributed by atoms with Gasteiger partial charge >= 0.3 is 0 Å². The van der Waals surface area contributed by atoms with Crippen LogP contribution in [0.2, 0.25) is 0 Å². The first-order chi connectivity index (χ1) is 9.39. The largest absolute Gasteiger partial charge is 0.314 e. The van der Waals surface area contributed by atoms with Crippen LogP contribution in [0.15, 0.2) is 0 Å². The van der Waals surface area contributed by atoms with E-state index in [2.05, 4.69) is 26.1 Å². The molecule has 0 radical (unpaired) electrons. The number of nitrogens with one attached hydrogen (secondary N) is 1. The molecule has 1 N–H and O–H groups in total. The highest BCUT2D eigenvalue weighted by atomic mass is 32.2. The molecule has 4 heteroatoms. The van der Waals surface area contributed by atoms with E-state index < -0.39 is 9.84 Å². The third kappa shape index (κ3) is 5.72. The lowest BCUT2D eigenvalue weighted by Crippen LogP contribution is -2.41. The maximum absolute atomic E-state index is 11.6. The van der Waals surface area contributed by atoms with Crippen LogP contribution >= 0.6 is 0 Å². The van der Waals surface area contributed by atoms with E-state index >= 15 is 0 Å². The van der Waals surface area contributed by atoms with Crippen molar-refractivity contribution in [2.75, 3.05) is 18.1 Å². The predicted molar refractivity (Wildman–Crippen MR) is 86.7 cm³/mol. The highest BCUT2D eigenvalue weighted by Crippen LogP contribution is 2.36. The third-order valence-corrected chi connectivity index (χ3v) is 6.69. The molecule has 3 atom stereocenters. The lowest BCUT2D eigenvalue weighted by Gasteiger charge is -2.38. The predicted octanol–water partition coefficient (Wildman–Crippen LogP) is 3.25. The molecule has 1 aliphatic rings. The van der Waals surface area contributed by atoms with Gasteiger partial charge in [0.2, 0.25) is 0 Å². The summed E-state index contributed by atoms with van der Waals surface area (Å²) in [4.78, 5) is 0. The van der Waals surface area contributed by atoms with E-state index in [1.54, 1.807) is 6.92 Å². The summed E-state index contributed by atoms with van der Waals surface area (Å²) >= 11 is 0. The minimum absolute atomic E-state index is 0.281. The zero-order valence-corrected chi connectivity index (χ0v) is 14.5. The standard InChI is InChI=1S/C16H33NO2S/c1-5-17-16-10-9-14(13(3)4)12-15(16)8-7-11-20(18,19)6-2/h13-17H,5-12H2,1-4H3. The monoisotopic (exact) mass is 303 g/mol. The van der Waals surface area contributed by atoms with Crippen molar-refractivity contribution in [2.45, 2.75) is 65.8 Å². The van der Waals surface area contributed by atoms with Crippen molar-refractivity contribution in [2.24, 2.45) is 17.8 Å². The molecular formula is C16H33NO2S. The fourth-order valence-corrected chi connectivity index (χ4v) is 4.36. The number of hydrogen-bond donors (Lipinski definition) is 1. The van der Waals surface area contributed by atoms with Gasteiger partial charge in [0.1, 0.15) is 9.84 Å². The Morgan fingerprint density at radius 2 is 1.90 bits per heavy atom. The molecule has 120 valence electrons. The Morgan fingerprint density at radius 1 is 1.20 bits per heavy atom. The van der Waals surface area contributed by atoms with Crippen LogP contribution in [0.5, 0.6) is 0 Å². The Kier molecular flexibility index (Phi) is 7.52. The summed E-state index contributed by atoms with van der Waals surface area (Å²) in [5.41, 5.74) is 0. The summed E-state index contributed by atoms with van der Waals surface area (Å²) in [7, 11) is -2.80. The van der Waals surface area contributed by atoms with Crippen LogP contribution in [0.1, 0.15) is 59.8 Å². The van der Waals surface area contributed by atoms with E-state index in [0.717, 1.165) is 31.2 Å². The van der Waals surface area contributed by atoms with Gasteiger partial charge in [-0.3, -0.25) is 0 Å². The second-order valence-corrected chi connectivity index (χ2v) is 9.09. The molecule has 1 fully saturated rings. The van der Waals surface area contributed by atoms with Gasteiger partial charge in [-0.1, -0.05) is 27.7 Å². The van der Waals surface area contributed by atoms with Crippen LogP contribution in [-0.4, -0.2) is 32.5 Å². The molecule has 1 saturated carbocycles. The second kappa shape index (κ2) is 8.38. The van der Waals surface area contributed by atoms with Gasteiger partial charge in [0.25, 0.3) is 0 Å². The van der Waals surface area contributed by atoms with Gasteiger partial charge in [-0.25, -0.2) is 8.42 Å². The topological polar surface area (TPSA) is 46.2 Å². The summed E-state index contributed by atoms with van der Waals surface area (Å²) in [6.07, 6.45) is 5.72. The fraction of sp³-hybridized carbons (Fsp3) is 1.00. The van der Waals surface area contributed by atoms with Crippen molar-refractivity contribution >= 4 is 9.84 Å². The normalized spacial score (nSPS) is 27.9. The second-order valence-electron chi connectivity index (χ2n) is 6.62. The van der Waals surface area contributed by atoms with Crippen LogP contribution in [0.3, 0.4) is 0 Å². The first-order valence-corrected chi connectivity index (χ1v) is 10.2. The molecule has 0 aromatic carbocycles. The average Bonchev–Trinajstić information content (AvgIpc) is 2.40. The van der Waals surface area contributed by atoms with Gasteiger partial charge in [0.05, 0.1) is 5.75 Å². The first-order valence-electron chi connectivity index (χ1n) is 8.33. The molecule has 0 aromatic rings. The van der Waals surface area contributed by atoms with Crippen molar-refractivity contribution < 1.29 is 8.42 Å². The minimum Gasteiger partial charge on any atom is -0.314 e.